The van der Waals surface area contributed by atoms with Crippen LogP contribution in [0.25, 0.3) is 0 Å². The molecule has 0 unspecified atom stereocenters. The Kier molecular flexibility index (Phi) is 5.29. The molecule has 1 aromatic heterocycles. The number of aliphatic hydroxyl groups is 1. The number of anilines is 1. The summed E-state index contributed by atoms with van der Waals surface area (Å²) >= 11 is 0. The Labute approximate surface area is 75.0 Å². The molecule has 0 fully saturated rings. The molecule has 0 aliphatic heterocycles. The van der Waals surface area contributed by atoms with Gasteiger partial charge in [-0.1, -0.05) is 12.1 Å². The zero-order valence-electron chi connectivity index (χ0n) is 7.23. The fraction of sp³-hybridized carbons (Fsp3) is 0.429. The second-order valence-electron chi connectivity index (χ2n) is 2.12. The average Bonchev–Trinajstić information content (AvgIpc) is 2.52. The third kappa shape index (κ3) is 4.81. The zero-order valence-corrected chi connectivity index (χ0v) is 7.23. The molecule has 4 N–H and O–H groups in total. The summed E-state index contributed by atoms with van der Waals surface area (Å²) < 4.78 is 4.40. The first-order valence-electron chi connectivity index (χ1n) is 3.63. The van der Waals surface area contributed by atoms with Gasteiger partial charge in [0.05, 0.1) is 12.3 Å². The highest BCUT2D eigenvalue weighted by Gasteiger charge is 1.98. The molecular weight excluding hydrogens is 176 g/mol. The molecule has 0 amide bonds. The van der Waals surface area contributed by atoms with Crippen LogP contribution in [0.4, 0.5) is 5.69 Å². The van der Waals surface area contributed by atoms with Crippen molar-refractivity contribution in [3.63, 3.8) is 0 Å². The van der Waals surface area contributed by atoms with Crippen molar-refractivity contribution in [1.82, 2.24) is 5.16 Å². The number of carboxylic acids is 1. The molecule has 1 heterocycles. The lowest BCUT2D eigenvalue weighted by molar-refractivity contribution is -0.136. The third-order valence-electron chi connectivity index (χ3n) is 1.13. The first-order valence-corrected chi connectivity index (χ1v) is 3.63. The van der Waals surface area contributed by atoms with Crippen molar-refractivity contribution in [1.29, 1.82) is 0 Å². The quantitative estimate of drug-likeness (QED) is 0.612. The third-order valence-corrected chi connectivity index (χ3v) is 1.13. The van der Waals surface area contributed by atoms with Crippen molar-refractivity contribution >= 4 is 11.7 Å². The summed E-state index contributed by atoms with van der Waals surface area (Å²) in [5.41, 5.74) is 6.02. The van der Waals surface area contributed by atoms with Crippen molar-refractivity contribution in [3.8, 4) is 0 Å². The Morgan fingerprint density at radius 3 is 2.46 bits per heavy atom. The van der Waals surface area contributed by atoms with Gasteiger partial charge in [-0.2, -0.15) is 0 Å². The van der Waals surface area contributed by atoms with Gasteiger partial charge in [0.1, 0.15) is 12.0 Å². The Morgan fingerprint density at radius 1 is 1.77 bits per heavy atom. The van der Waals surface area contributed by atoms with Crippen molar-refractivity contribution in [2.75, 3.05) is 5.73 Å². The van der Waals surface area contributed by atoms with Crippen LogP contribution in [0.15, 0.2) is 10.8 Å². The van der Waals surface area contributed by atoms with Gasteiger partial charge in [0, 0.05) is 6.42 Å². The second-order valence-corrected chi connectivity index (χ2v) is 2.12. The number of aliphatic hydroxyl groups excluding tert-OH is 1. The lowest BCUT2D eigenvalue weighted by Crippen LogP contribution is -1.89. The number of aromatic nitrogens is 1. The van der Waals surface area contributed by atoms with E-state index in [1.807, 2.05) is 0 Å². The molecular formula is C7H12N2O4. The van der Waals surface area contributed by atoms with Gasteiger partial charge in [0.2, 0.25) is 0 Å². The second kappa shape index (κ2) is 6.01. The number of rotatable bonds is 2. The largest absolute Gasteiger partial charge is 0.481 e. The van der Waals surface area contributed by atoms with E-state index < -0.39 is 5.97 Å². The van der Waals surface area contributed by atoms with E-state index in [0.717, 1.165) is 0 Å². The number of carboxylic acid groups (broad SMARTS) is 1. The number of nitrogens with two attached hydrogens (primary N) is 1. The molecule has 0 saturated carbocycles. The van der Waals surface area contributed by atoms with Crippen LogP contribution >= 0.6 is 0 Å². The number of hydrogen-bond donors (Lipinski definition) is 3. The normalized spacial score (nSPS) is 8.77. The highest BCUT2D eigenvalue weighted by molar-refractivity contribution is 5.66. The Morgan fingerprint density at radius 2 is 2.31 bits per heavy atom. The predicted molar refractivity (Wildman–Crippen MR) is 44.8 cm³/mol. The molecule has 13 heavy (non-hydrogen) atoms. The fourth-order valence-electron chi connectivity index (χ4n) is 0.388. The maximum absolute atomic E-state index is 9.37. The molecule has 1 rings (SSSR count). The topological polar surface area (TPSA) is 110 Å². The standard InChI is InChI=1S/C4H6N2O2.C3H6O2/c5-3-2-8-6-4(3)1-7;1-2-3(4)5/h2,7H,1,5H2;2H2,1H3,(H,4,5). The molecule has 0 radical (unpaired) electrons. The fourth-order valence-corrected chi connectivity index (χ4v) is 0.388. The molecule has 0 bridgehead atoms. The van der Waals surface area contributed by atoms with Crippen molar-refractivity contribution in [2.45, 2.75) is 20.0 Å². The lowest BCUT2D eigenvalue weighted by atomic mass is 10.4. The molecule has 1 aromatic rings. The summed E-state index contributed by atoms with van der Waals surface area (Å²) in [5, 5.41) is 19.5. The van der Waals surface area contributed by atoms with Crippen LogP contribution in [-0.2, 0) is 11.4 Å². The van der Waals surface area contributed by atoms with Crippen LogP contribution in [0.5, 0.6) is 0 Å². The van der Waals surface area contributed by atoms with Gasteiger partial charge >= 0.3 is 5.97 Å². The van der Waals surface area contributed by atoms with E-state index >= 15 is 0 Å². The Balaban J connectivity index is 0.000000252. The molecule has 74 valence electrons. The van der Waals surface area contributed by atoms with E-state index in [1.54, 1.807) is 6.92 Å². The lowest BCUT2D eigenvalue weighted by Gasteiger charge is -1.83. The van der Waals surface area contributed by atoms with E-state index in [0.29, 0.717) is 11.4 Å². The van der Waals surface area contributed by atoms with E-state index in [-0.39, 0.29) is 13.0 Å². The van der Waals surface area contributed by atoms with Gasteiger partial charge in [-0.15, -0.1) is 0 Å². The highest BCUT2D eigenvalue weighted by atomic mass is 16.5. The van der Waals surface area contributed by atoms with Gasteiger partial charge in [0.15, 0.2) is 0 Å². The Hall–Kier alpha value is -1.56. The smallest absolute Gasteiger partial charge is 0.303 e. The first kappa shape index (κ1) is 11.4. The van der Waals surface area contributed by atoms with Crippen LogP contribution in [-0.4, -0.2) is 21.3 Å². The van der Waals surface area contributed by atoms with E-state index in [2.05, 4.69) is 9.68 Å². The maximum Gasteiger partial charge on any atom is 0.303 e. The van der Waals surface area contributed by atoms with Crippen molar-refractivity contribution in [2.24, 2.45) is 0 Å². The molecule has 0 spiro atoms. The predicted octanol–water partition coefficient (Wildman–Crippen LogP) is 0.230. The van der Waals surface area contributed by atoms with Gasteiger partial charge in [0.25, 0.3) is 0 Å². The molecule has 0 aliphatic rings. The summed E-state index contributed by atoms with van der Waals surface area (Å²) in [4.78, 5) is 9.37. The number of hydrogen-bond acceptors (Lipinski definition) is 5. The summed E-state index contributed by atoms with van der Waals surface area (Å²) in [6, 6.07) is 0. The minimum absolute atomic E-state index is 0.164. The maximum atomic E-state index is 9.37. The highest BCUT2D eigenvalue weighted by Crippen LogP contribution is 2.06. The molecule has 0 saturated heterocycles. The average molecular weight is 188 g/mol. The minimum Gasteiger partial charge on any atom is -0.481 e. The van der Waals surface area contributed by atoms with Gasteiger partial charge in [-0.05, 0) is 0 Å². The van der Waals surface area contributed by atoms with E-state index in [1.165, 1.54) is 6.26 Å². The SMILES string of the molecule is CCC(=O)O.Nc1conc1CO. The Bertz CT molecular complexity index is 259. The minimum atomic E-state index is -0.745. The van der Waals surface area contributed by atoms with Crippen LogP contribution in [0.2, 0.25) is 0 Å². The van der Waals surface area contributed by atoms with Crippen LogP contribution in [0.3, 0.4) is 0 Å². The van der Waals surface area contributed by atoms with Gasteiger partial charge in [-0.25, -0.2) is 0 Å². The molecule has 6 nitrogen and oxygen atoms in total. The molecule has 0 aliphatic carbocycles. The van der Waals surface area contributed by atoms with Crippen molar-refractivity contribution in [3.05, 3.63) is 12.0 Å². The first-order chi connectivity index (χ1) is 6.11. The summed E-state index contributed by atoms with van der Waals surface area (Å²) in [5.74, 6) is -0.745. The van der Waals surface area contributed by atoms with Gasteiger partial charge in [-0.3, -0.25) is 4.79 Å². The summed E-state index contributed by atoms with van der Waals surface area (Å²) in [6.45, 7) is 1.44. The number of carbonyl (C=O) groups is 1. The monoisotopic (exact) mass is 188 g/mol. The molecule has 6 heteroatoms. The molecule has 0 atom stereocenters. The van der Waals surface area contributed by atoms with Crippen LogP contribution in [0, 0.1) is 0 Å². The zero-order chi connectivity index (χ0) is 10.3. The summed E-state index contributed by atoms with van der Waals surface area (Å²) in [7, 11) is 0. The van der Waals surface area contributed by atoms with Crippen molar-refractivity contribution < 1.29 is 19.5 Å². The number of nitrogens with zero attached hydrogens (tertiary/aromatic N) is 1. The van der Waals surface area contributed by atoms with Crippen LogP contribution < -0.4 is 5.73 Å². The molecule has 0 aromatic carbocycles. The number of aliphatic carboxylic acids is 1. The number of nitrogen functional groups attached to an aromatic ring is 1. The van der Waals surface area contributed by atoms with E-state index in [9.17, 15) is 4.79 Å². The summed E-state index contributed by atoms with van der Waals surface area (Å²) in [6.07, 6.45) is 1.51. The van der Waals surface area contributed by atoms with Crippen LogP contribution in [0.1, 0.15) is 19.0 Å². The van der Waals surface area contributed by atoms with Gasteiger partial charge < -0.3 is 20.5 Å². The van der Waals surface area contributed by atoms with E-state index in [4.69, 9.17) is 15.9 Å².